The highest BCUT2D eigenvalue weighted by Crippen LogP contribution is 2.34. The van der Waals surface area contributed by atoms with Crippen LogP contribution in [0.2, 0.25) is 5.02 Å². The Kier molecular flexibility index (Phi) is 6.14. The van der Waals surface area contributed by atoms with Crippen molar-refractivity contribution in [2.24, 2.45) is 13.0 Å². The van der Waals surface area contributed by atoms with Gasteiger partial charge in [-0.2, -0.15) is 10.1 Å². The van der Waals surface area contributed by atoms with Crippen LogP contribution in [0.1, 0.15) is 13.3 Å². The molecule has 0 radical (unpaired) electrons. The van der Waals surface area contributed by atoms with Gasteiger partial charge in [-0.3, -0.25) is 4.68 Å². The molecule has 0 aromatic carbocycles. The van der Waals surface area contributed by atoms with E-state index >= 15 is 0 Å². The largest absolute Gasteiger partial charge is 0.373 e. The van der Waals surface area contributed by atoms with E-state index in [1.165, 1.54) is 6.20 Å². The predicted octanol–water partition coefficient (Wildman–Crippen LogP) is 1.63. The first-order valence-electron chi connectivity index (χ1n) is 9.83. The number of ether oxygens (including phenoxy) is 2. The maximum atomic E-state index is 12.2. The molecule has 4 rings (SSSR count). The average Bonchev–Trinajstić information content (AvgIpc) is 3.37. The summed E-state index contributed by atoms with van der Waals surface area (Å²) in [5.41, 5.74) is 0.755. The van der Waals surface area contributed by atoms with Crippen LogP contribution >= 0.6 is 11.6 Å². The molecule has 4 unspecified atom stereocenters. The molecule has 164 valence electrons. The topological polar surface area (TPSA) is 120 Å². The second kappa shape index (κ2) is 8.66. The van der Waals surface area contributed by atoms with Crippen molar-refractivity contribution >= 4 is 38.9 Å². The Balaban J connectivity index is 1.42. The number of hydrogen-bond donors (Lipinski definition) is 2. The number of rotatable bonds is 8. The molecule has 2 aromatic heterocycles. The summed E-state index contributed by atoms with van der Waals surface area (Å²) in [5.74, 6) is 0.940. The van der Waals surface area contributed by atoms with Gasteiger partial charge in [0.05, 0.1) is 49.2 Å². The lowest BCUT2D eigenvalue weighted by molar-refractivity contribution is 0.0656. The van der Waals surface area contributed by atoms with Gasteiger partial charge >= 0.3 is 0 Å². The maximum Gasteiger partial charge on any atom is 0.229 e. The molecule has 4 atom stereocenters. The highest BCUT2D eigenvalue weighted by Gasteiger charge is 2.48. The van der Waals surface area contributed by atoms with E-state index in [4.69, 9.17) is 21.1 Å². The van der Waals surface area contributed by atoms with Crippen LogP contribution < -0.4 is 10.6 Å². The molecule has 12 heteroatoms. The lowest BCUT2D eigenvalue weighted by atomic mass is 10.0. The zero-order chi connectivity index (χ0) is 21.3. The van der Waals surface area contributed by atoms with Crippen LogP contribution in [-0.4, -0.2) is 71.1 Å². The highest BCUT2D eigenvalue weighted by atomic mass is 35.5. The number of halogens is 1. The van der Waals surface area contributed by atoms with Crippen LogP contribution in [0.5, 0.6) is 0 Å². The van der Waals surface area contributed by atoms with Gasteiger partial charge in [-0.1, -0.05) is 18.5 Å². The van der Waals surface area contributed by atoms with Crippen molar-refractivity contribution in [3.8, 4) is 0 Å². The number of nitrogens with one attached hydrogen (secondary N) is 2. The Morgan fingerprint density at radius 1 is 1.27 bits per heavy atom. The Morgan fingerprint density at radius 2 is 2.07 bits per heavy atom. The van der Waals surface area contributed by atoms with Crippen molar-refractivity contribution in [2.75, 3.05) is 35.4 Å². The van der Waals surface area contributed by atoms with Gasteiger partial charge in [0.1, 0.15) is 11.1 Å². The van der Waals surface area contributed by atoms with Crippen LogP contribution in [0.3, 0.4) is 0 Å². The predicted molar refractivity (Wildman–Crippen MR) is 113 cm³/mol. The quantitative estimate of drug-likeness (QED) is 0.610. The second-order valence-corrected chi connectivity index (χ2v) is 10.3. The van der Waals surface area contributed by atoms with Crippen molar-refractivity contribution < 1.29 is 17.9 Å². The third-order valence-electron chi connectivity index (χ3n) is 5.17. The molecule has 0 bridgehead atoms. The normalized spacial score (nSPS) is 26.0. The molecule has 2 saturated heterocycles. The van der Waals surface area contributed by atoms with Gasteiger partial charge in [0.2, 0.25) is 5.95 Å². The van der Waals surface area contributed by atoms with E-state index in [-0.39, 0.29) is 35.7 Å². The Labute approximate surface area is 180 Å². The molecule has 10 nitrogen and oxygen atoms in total. The molecular formula is C18H25ClN6O4S. The van der Waals surface area contributed by atoms with Crippen LogP contribution in [-0.2, 0) is 26.4 Å². The van der Waals surface area contributed by atoms with E-state index in [1.807, 2.05) is 14.0 Å². The van der Waals surface area contributed by atoms with Gasteiger partial charge in [0.15, 0.2) is 15.7 Å². The fourth-order valence-corrected chi connectivity index (χ4v) is 5.76. The molecule has 4 heterocycles. The zero-order valence-corrected chi connectivity index (χ0v) is 18.4. The molecule has 0 aliphatic carbocycles. The Morgan fingerprint density at radius 3 is 2.80 bits per heavy atom. The summed E-state index contributed by atoms with van der Waals surface area (Å²) >= 11 is 6.28. The zero-order valence-electron chi connectivity index (χ0n) is 16.8. The van der Waals surface area contributed by atoms with E-state index in [1.54, 1.807) is 17.1 Å². The van der Waals surface area contributed by atoms with E-state index in [0.29, 0.717) is 36.4 Å². The van der Waals surface area contributed by atoms with Crippen molar-refractivity contribution in [3.63, 3.8) is 0 Å². The van der Waals surface area contributed by atoms with E-state index in [0.717, 1.165) is 5.69 Å². The first-order valence-corrected chi connectivity index (χ1v) is 12.0. The van der Waals surface area contributed by atoms with Gasteiger partial charge in [0.25, 0.3) is 0 Å². The Hall–Kier alpha value is -1.95. The summed E-state index contributed by atoms with van der Waals surface area (Å²) in [6, 6.07) is -0.187. The minimum absolute atomic E-state index is 0.0855. The number of aromatic nitrogens is 4. The third-order valence-corrected chi connectivity index (χ3v) is 7.41. The number of sulfone groups is 1. The molecule has 30 heavy (non-hydrogen) atoms. The molecule has 0 saturated carbocycles. The van der Waals surface area contributed by atoms with Crippen LogP contribution in [0.4, 0.5) is 17.5 Å². The number of nitrogens with zero attached hydrogens (tertiary/aromatic N) is 4. The number of hydrogen-bond acceptors (Lipinski definition) is 9. The first kappa shape index (κ1) is 21.3. The van der Waals surface area contributed by atoms with Crippen LogP contribution in [0.25, 0.3) is 0 Å². The summed E-state index contributed by atoms with van der Waals surface area (Å²) in [6.45, 7) is 2.60. The molecule has 2 fully saturated rings. The summed E-state index contributed by atoms with van der Waals surface area (Å²) in [5, 5.41) is 10.8. The van der Waals surface area contributed by atoms with Crippen LogP contribution in [0, 0.1) is 5.92 Å². The van der Waals surface area contributed by atoms with E-state index < -0.39 is 9.84 Å². The molecule has 0 amide bonds. The molecule has 0 spiro atoms. The fraction of sp³-hybridized carbons (Fsp3) is 0.611. The monoisotopic (exact) mass is 456 g/mol. The average molecular weight is 457 g/mol. The van der Waals surface area contributed by atoms with Gasteiger partial charge in [-0.15, -0.1) is 0 Å². The van der Waals surface area contributed by atoms with Crippen molar-refractivity contribution in [3.05, 3.63) is 23.6 Å². The lowest BCUT2D eigenvalue weighted by Crippen LogP contribution is -2.36. The van der Waals surface area contributed by atoms with Crippen LogP contribution in [0.15, 0.2) is 18.6 Å². The second-order valence-electron chi connectivity index (χ2n) is 7.64. The fourth-order valence-electron chi connectivity index (χ4n) is 3.88. The number of fused-ring (bicyclic) bond motifs is 1. The van der Waals surface area contributed by atoms with Crippen molar-refractivity contribution in [2.45, 2.75) is 31.6 Å². The minimum Gasteiger partial charge on any atom is -0.373 e. The van der Waals surface area contributed by atoms with Crippen molar-refractivity contribution in [1.29, 1.82) is 0 Å². The van der Waals surface area contributed by atoms with Crippen molar-refractivity contribution in [1.82, 2.24) is 19.7 Å². The summed E-state index contributed by atoms with van der Waals surface area (Å²) < 4.78 is 37.9. The number of anilines is 3. The van der Waals surface area contributed by atoms with Gasteiger partial charge < -0.3 is 20.1 Å². The summed E-state index contributed by atoms with van der Waals surface area (Å²) in [7, 11) is -1.29. The highest BCUT2D eigenvalue weighted by molar-refractivity contribution is 7.91. The van der Waals surface area contributed by atoms with E-state index in [2.05, 4.69) is 25.7 Å². The smallest absolute Gasteiger partial charge is 0.229 e. The van der Waals surface area contributed by atoms with Gasteiger partial charge in [0, 0.05) is 24.9 Å². The minimum atomic E-state index is -3.11. The first-order chi connectivity index (χ1) is 14.3. The van der Waals surface area contributed by atoms with Gasteiger partial charge in [-0.05, 0) is 6.42 Å². The third kappa shape index (κ3) is 4.69. The molecule has 2 aromatic rings. The van der Waals surface area contributed by atoms with Gasteiger partial charge in [-0.25, -0.2) is 13.4 Å². The lowest BCUT2D eigenvalue weighted by Gasteiger charge is -2.19. The summed E-state index contributed by atoms with van der Waals surface area (Å²) in [6.07, 6.45) is 5.07. The SMILES string of the molecule is CCCS(=O)(=O)CC1COC2C(Nc3nc(Nc4cnn(C)c4)ncc3Cl)COC12. The molecule has 2 aliphatic heterocycles. The molecule has 2 N–H and O–H groups in total. The standard InChI is InChI=1S/C18H25ClN6O4S/c1-3-4-30(26,27)10-11-8-28-16-14(9-29-15(11)16)23-17-13(19)6-20-18(24-17)22-12-5-21-25(2)7-12/h5-7,11,14-16H,3-4,8-10H2,1-2H3,(H2,20,22,23,24). The Bertz CT molecular complexity index is 1000. The molecule has 2 aliphatic rings. The number of aryl methyl sites for hydroxylation is 1. The maximum absolute atomic E-state index is 12.2. The molecular weight excluding hydrogens is 432 g/mol. The summed E-state index contributed by atoms with van der Waals surface area (Å²) in [4.78, 5) is 8.64. The van der Waals surface area contributed by atoms with E-state index in [9.17, 15) is 8.42 Å².